The monoisotopic (exact) mass is 366 g/mol. The van der Waals surface area contributed by atoms with Gasteiger partial charge in [0.25, 0.3) is 0 Å². The van der Waals surface area contributed by atoms with Gasteiger partial charge in [0.15, 0.2) is 11.5 Å². The molecule has 2 heterocycles. The van der Waals surface area contributed by atoms with Crippen LogP contribution in [-0.4, -0.2) is 27.7 Å². The summed E-state index contributed by atoms with van der Waals surface area (Å²) in [5, 5.41) is 19.9. The molecule has 1 N–H and O–H groups in total. The molecule has 140 valence electrons. The standard InChI is InChI=1S/C21H23FN4O/c1-15-7-6-12-25(13-15)14-26-19-11-5-2-8-16(19)20(21(26)27)24-23-18-10-4-3-9-17(18)22/h2-5,8-11,15,27H,6-7,12-14H2,1H3/t15-/m0/s1. The van der Waals surface area contributed by atoms with Crippen LogP contribution in [0.25, 0.3) is 10.9 Å². The number of hydrogen-bond donors (Lipinski definition) is 1. The summed E-state index contributed by atoms with van der Waals surface area (Å²) in [5.74, 6) is 0.282. The van der Waals surface area contributed by atoms with Crippen LogP contribution in [0.4, 0.5) is 15.8 Å². The molecule has 0 bridgehead atoms. The van der Waals surface area contributed by atoms with Crippen LogP contribution < -0.4 is 0 Å². The van der Waals surface area contributed by atoms with E-state index >= 15 is 0 Å². The predicted octanol–water partition coefficient (Wildman–Crippen LogP) is 5.59. The second-order valence-corrected chi connectivity index (χ2v) is 7.23. The van der Waals surface area contributed by atoms with Crippen molar-refractivity contribution < 1.29 is 9.50 Å². The van der Waals surface area contributed by atoms with E-state index in [0.29, 0.717) is 18.3 Å². The number of para-hydroxylation sites is 1. The van der Waals surface area contributed by atoms with Crippen molar-refractivity contribution >= 4 is 22.3 Å². The lowest BCUT2D eigenvalue weighted by molar-refractivity contribution is 0.143. The lowest BCUT2D eigenvalue weighted by Gasteiger charge is -2.31. The number of fused-ring (bicyclic) bond motifs is 1. The topological polar surface area (TPSA) is 53.1 Å². The summed E-state index contributed by atoms with van der Waals surface area (Å²) >= 11 is 0. The molecule has 0 saturated carbocycles. The third-order valence-electron chi connectivity index (χ3n) is 5.11. The molecule has 2 aromatic carbocycles. The average Bonchev–Trinajstić information content (AvgIpc) is 2.93. The van der Waals surface area contributed by atoms with Crippen molar-refractivity contribution in [2.75, 3.05) is 13.1 Å². The Balaban J connectivity index is 1.71. The van der Waals surface area contributed by atoms with E-state index < -0.39 is 5.82 Å². The van der Waals surface area contributed by atoms with Gasteiger partial charge < -0.3 is 5.11 Å². The molecular weight excluding hydrogens is 343 g/mol. The van der Waals surface area contributed by atoms with E-state index in [1.54, 1.807) is 18.2 Å². The van der Waals surface area contributed by atoms with Gasteiger partial charge >= 0.3 is 0 Å². The molecule has 1 atom stereocenters. The largest absolute Gasteiger partial charge is 0.493 e. The van der Waals surface area contributed by atoms with Gasteiger partial charge in [0.1, 0.15) is 5.69 Å². The Labute approximate surface area is 157 Å². The highest BCUT2D eigenvalue weighted by Crippen LogP contribution is 2.40. The highest BCUT2D eigenvalue weighted by molar-refractivity contribution is 5.95. The fourth-order valence-corrected chi connectivity index (χ4v) is 3.77. The van der Waals surface area contributed by atoms with E-state index in [2.05, 4.69) is 22.1 Å². The van der Waals surface area contributed by atoms with Crippen LogP contribution in [0, 0.1) is 11.7 Å². The first-order chi connectivity index (χ1) is 13.1. The number of rotatable bonds is 4. The van der Waals surface area contributed by atoms with Crippen LogP contribution in [0.15, 0.2) is 58.8 Å². The van der Waals surface area contributed by atoms with Crippen LogP contribution in [0.5, 0.6) is 5.88 Å². The van der Waals surface area contributed by atoms with Crippen LogP contribution in [0.3, 0.4) is 0 Å². The molecule has 4 rings (SSSR count). The highest BCUT2D eigenvalue weighted by Gasteiger charge is 2.21. The first-order valence-corrected chi connectivity index (χ1v) is 9.32. The molecule has 27 heavy (non-hydrogen) atoms. The molecule has 1 fully saturated rings. The molecule has 3 aromatic rings. The van der Waals surface area contributed by atoms with E-state index in [0.717, 1.165) is 24.0 Å². The van der Waals surface area contributed by atoms with Crippen LogP contribution in [0.2, 0.25) is 0 Å². The van der Waals surface area contributed by atoms with E-state index in [1.165, 1.54) is 18.9 Å². The predicted molar refractivity (Wildman–Crippen MR) is 104 cm³/mol. The average molecular weight is 366 g/mol. The smallest absolute Gasteiger partial charge is 0.221 e. The SMILES string of the molecule is C[C@H]1CCCN(Cn2c(O)c(N=Nc3ccccc3F)c3ccccc32)C1. The molecule has 1 aliphatic heterocycles. The Morgan fingerprint density at radius 1 is 1.11 bits per heavy atom. The summed E-state index contributed by atoms with van der Waals surface area (Å²) in [4.78, 5) is 2.35. The lowest BCUT2D eigenvalue weighted by atomic mass is 10.0. The Morgan fingerprint density at radius 3 is 2.70 bits per heavy atom. The maximum atomic E-state index is 13.8. The number of benzene rings is 2. The minimum absolute atomic E-state index is 0.0644. The van der Waals surface area contributed by atoms with Crippen molar-refractivity contribution in [1.82, 2.24) is 9.47 Å². The molecule has 1 aliphatic rings. The molecule has 5 nitrogen and oxygen atoms in total. The van der Waals surface area contributed by atoms with E-state index in [4.69, 9.17) is 0 Å². The molecule has 1 saturated heterocycles. The summed E-state index contributed by atoms with van der Waals surface area (Å²) in [6.07, 6.45) is 2.41. The number of halogens is 1. The molecular formula is C21H23FN4O. The first-order valence-electron chi connectivity index (χ1n) is 9.32. The van der Waals surface area contributed by atoms with Gasteiger partial charge in [-0.1, -0.05) is 37.3 Å². The third-order valence-corrected chi connectivity index (χ3v) is 5.11. The van der Waals surface area contributed by atoms with Gasteiger partial charge in [0, 0.05) is 11.9 Å². The second kappa shape index (κ2) is 7.48. The second-order valence-electron chi connectivity index (χ2n) is 7.23. The Bertz CT molecular complexity index is 981. The summed E-state index contributed by atoms with van der Waals surface area (Å²) in [7, 11) is 0. The molecule has 1 aromatic heterocycles. The fraction of sp³-hybridized carbons (Fsp3) is 0.333. The van der Waals surface area contributed by atoms with Gasteiger partial charge in [0.2, 0.25) is 5.88 Å². The zero-order valence-corrected chi connectivity index (χ0v) is 15.3. The molecule has 0 radical (unpaired) electrons. The van der Waals surface area contributed by atoms with Crippen molar-refractivity contribution in [3.63, 3.8) is 0 Å². The number of hydrogen-bond acceptors (Lipinski definition) is 4. The van der Waals surface area contributed by atoms with Crippen molar-refractivity contribution in [2.45, 2.75) is 26.4 Å². The zero-order chi connectivity index (χ0) is 18.8. The molecule has 6 heteroatoms. The van der Waals surface area contributed by atoms with Crippen molar-refractivity contribution in [3.05, 3.63) is 54.3 Å². The van der Waals surface area contributed by atoms with Gasteiger partial charge in [-0.25, -0.2) is 4.39 Å². The van der Waals surface area contributed by atoms with E-state index in [1.807, 2.05) is 28.8 Å². The first kappa shape index (κ1) is 17.7. The van der Waals surface area contributed by atoms with Crippen LogP contribution >= 0.6 is 0 Å². The quantitative estimate of drug-likeness (QED) is 0.612. The number of likely N-dealkylation sites (tertiary alicyclic amines) is 1. The number of aromatic nitrogens is 1. The number of azo groups is 1. The summed E-state index contributed by atoms with van der Waals surface area (Å²) < 4.78 is 15.7. The summed E-state index contributed by atoms with van der Waals surface area (Å²) in [6, 6.07) is 13.9. The van der Waals surface area contributed by atoms with Crippen LogP contribution in [-0.2, 0) is 6.67 Å². The molecule has 0 spiro atoms. The lowest BCUT2D eigenvalue weighted by Crippen LogP contribution is -2.35. The number of nitrogens with zero attached hydrogens (tertiary/aromatic N) is 4. The van der Waals surface area contributed by atoms with Gasteiger partial charge in [0.05, 0.1) is 12.2 Å². The van der Waals surface area contributed by atoms with Gasteiger partial charge in [-0.3, -0.25) is 9.47 Å². The Morgan fingerprint density at radius 2 is 1.89 bits per heavy atom. The van der Waals surface area contributed by atoms with E-state index in [-0.39, 0.29) is 11.6 Å². The van der Waals surface area contributed by atoms with Crippen molar-refractivity contribution in [1.29, 1.82) is 0 Å². The Hall–Kier alpha value is -2.73. The fourth-order valence-electron chi connectivity index (χ4n) is 3.77. The molecule has 0 unspecified atom stereocenters. The van der Waals surface area contributed by atoms with Crippen LogP contribution in [0.1, 0.15) is 19.8 Å². The van der Waals surface area contributed by atoms with Gasteiger partial charge in [-0.2, -0.15) is 0 Å². The number of piperidine rings is 1. The maximum absolute atomic E-state index is 13.8. The maximum Gasteiger partial charge on any atom is 0.221 e. The highest BCUT2D eigenvalue weighted by atomic mass is 19.1. The number of aromatic hydroxyl groups is 1. The molecule has 0 amide bonds. The zero-order valence-electron chi connectivity index (χ0n) is 15.3. The minimum atomic E-state index is -0.438. The van der Waals surface area contributed by atoms with Gasteiger partial charge in [-0.05, 0) is 43.5 Å². The van der Waals surface area contributed by atoms with Crippen molar-refractivity contribution in [2.24, 2.45) is 16.1 Å². The van der Waals surface area contributed by atoms with Gasteiger partial charge in [-0.15, -0.1) is 10.2 Å². The summed E-state index contributed by atoms with van der Waals surface area (Å²) in [5.41, 5.74) is 1.42. The van der Waals surface area contributed by atoms with Crippen molar-refractivity contribution in [3.8, 4) is 5.88 Å². The van der Waals surface area contributed by atoms with E-state index in [9.17, 15) is 9.50 Å². The Kier molecular flexibility index (Phi) is 4.90. The minimum Gasteiger partial charge on any atom is -0.493 e. The third kappa shape index (κ3) is 3.57. The summed E-state index contributed by atoms with van der Waals surface area (Å²) in [6.45, 7) is 4.89. The molecule has 0 aliphatic carbocycles. The normalized spacial score (nSPS) is 18.5.